The molecule has 0 saturated carbocycles. The number of carbonyl (C=O) groups excluding carboxylic acids is 1. The fourth-order valence-electron chi connectivity index (χ4n) is 2.30. The summed E-state index contributed by atoms with van der Waals surface area (Å²) in [6.07, 6.45) is 3.20. The zero-order chi connectivity index (χ0) is 15.7. The second-order valence-corrected chi connectivity index (χ2v) is 5.98. The molecule has 2 heterocycles. The Morgan fingerprint density at radius 1 is 1.32 bits per heavy atom. The maximum Gasteiger partial charge on any atom is 0.227 e. The van der Waals surface area contributed by atoms with E-state index in [-0.39, 0.29) is 11.7 Å². The van der Waals surface area contributed by atoms with Crippen LogP contribution in [0.2, 0.25) is 0 Å². The van der Waals surface area contributed by atoms with Gasteiger partial charge >= 0.3 is 0 Å². The topological polar surface area (TPSA) is 86.7 Å². The molecule has 3 rings (SSSR count). The van der Waals surface area contributed by atoms with Crippen molar-refractivity contribution in [3.63, 3.8) is 0 Å². The summed E-state index contributed by atoms with van der Waals surface area (Å²) in [5, 5.41) is 5.95. The number of primary amides is 1. The van der Waals surface area contributed by atoms with Gasteiger partial charge in [-0.2, -0.15) is 5.10 Å². The van der Waals surface area contributed by atoms with Crippen molar-refractivity contribution in [2.45, 2.75) is 18.9 Å². The highest BCUT2D eigenvalue weighted by atomic mass is 32.2. The van der Waals surface area contributed by atoms with Gasteiger partial charge in [-0.15, -0.1) is 0 Å². The molecule has 6 nitrogen and oxygen atoms in total. The van der Waals surface area contributed by atoms with Crippen molar-refractivity contribution in [1.82, 2.24) is 19.7 Å². The Morgan fingerprint density at radius 2 is 2.14 bits per heavy atom. The standard InChI is InChI=1S/C15H15N5OS/c1-9-3-4-12(10(2)5-9)20-14-11(6-19-20)15(18-8-17-14)22-7-13(16)21/h3-6,8H,7H2,1-2H3,(H2,16,21). The van der Waals surface area contributed by atoms with Gasteiger partial charge in [-0.1, -0.05) is 29.5 Å². The summed E-state index contributed by atoms with van der Waals surface area (Å²) >= 11 is 1.29. The lowest BCUT2D eigenvalue weighted by molar-refractivity contribution is -0.115. The van der Waals surface area contributed by atoms with Crippen LogP contribution in [0.25, 0.3) is 16.7 Å². The van der Waals surface area contributed by atoms with Crippen molar-refractivity contribution in [2.75, 3.05) is 5.75 Å². The maximum absolute atomic E-state index is 10.9. The van der Waals surface area contributed by atoms with Crippen LogP contribution >= 0.6 is 11.8 Å². The lowest BCUT2D eigenvalue weighted by Crippen LogP contribution is -2.13. The number of nitrogens with two attached hydrogens (primary N) is 1. The highest BCUT2D eigenvalue weighted by Crippen LogP contribution is 2.26. The molecule has 0 saturated heterocycles. The number of hydrogen-bond donors (Lipinski definition) is 1. The summed E-state index contributed by atoms with van der Waals surface area (Å²) in [4.78, 5) is 19.5. The third-order valence-electron chi connectivity index (χ3n) is 3.26. The fourth-order valence-corrected chi connectivity index (χ4v) is 3.00. The number of hydrogen-bond acceptors (Lipinski definition) is 5. The van der Waals surface area contributed by atoms with Gasteiger partial charge in [0.1, 0.15) is 11.4 Å². The highest BCUT2D eigenvalue weighted by Gasteiger charge is 2.13. The first-order valence-corrected chi connectivity index (χ1v) is 7.72. The Kier molecular flexibility index (Phi) is 3.81. The van der Waals surface area contributed by atoms with E-state index in [4.69, 9.17) is 5.73 Å². The zero-order valence-corrected chi connectivity index (χ0v) is 13.1. The molecule has 22 heavy (non-hydrogen) atoms. The minimum atomic E-state index is -0.376. The summed E-state index contributed by atoms with van der Waals surface area (Å²) < 4.78 is 1.79. The molecule has 112 valence electrons. The molecular formula is C15H15N5OS. The Bertz CT molecular complexity index is 858. The SMILES string of the molecule is Cc1ccc(-n2ncc3c(SCC(N)=O)ncnc32)c(C)c1. The van der Waals surface area contributed by atoms with E-state index in [9.17, 15) is 4.79 Å². The molecule has 1 aromatic carbocycles. The lowest BCUT2D eigenvalue weighted by atomic mass is 10.1. The van der Waals surface area contributed by atoms with Crippen LogP contribution < -0.4 is 5.73 Å². The molecule has 0 radical (unpaired) electrons. The number of fused-ring (bicyclic) bond motifs is 1. The quantitative estimate of drug-likeness (QED) is 0.588. The Morgan fingerprint density at radius 3 is 2.86 bits per heavy atom. The van der Waals surface area contributed by atoms with Crippen LogP contribution in [0.1, 0.15) is 11.1 Å². The average Bonchev–Trinajstić information content (AvgIpc) is 2.89. The van der Waals surface area contributed by atoms with Crippen LogP contribution in [-0.4, -0.2) is 31.4 Å². The number of amides is 1. The lowest BCUT2D eigenvalue weighted by Gasteiger charge is -2.08. The van der Waals surface area contributed by atoms with E-state index in [1.165, 1.54) is 23.7 Å². The summed E-state index contributed by atoms with van der Waals surface area (Å²) in [5.74, 6) is -0.195. The normalized spacial score (nSPS) is 11.0. The van der Waals surface area contributed by atoms with Crippen LogP contribution in [0, 0.1) is 13.8 Å². The van der Waals surface area contributed by atoms with Gasteiger partial charge in [-0.3, -0.25) is 4.79 Å². The minimum Gasteiger partial charge on any atom is -0.369 e. The summed E-state index contributed by atoms with van der Waals surface area (Å²) in [6.45, 7) is 4.10. The Balaban J connectivity index is 2.09. The largest absolute Gasteiger partial charge is 0.369 e. The smallest absolute Gasteiger partial charge is 0.227 e. The van der Waals surface area contributed by atoms with Crippen molar-refractivity contribution in [2.24, 2.45) is 5.73 Å². The van der Waals surface area contributed by atoms with Crippen molar-refractivity contribution in [3.05, 3.63) is 41.9 Å². The number of rotatable bonds is 4. The Labute approximate surface area is 131 Å². The molecule has 0 fully saturated rings. The van der Waals surface area contributed by atoms with Gasteiger partial charge in [-0.05, 0) is 25.5 Å². The molecule has 0 aliphatic rings. The van der Waals surface area contributed by atoms with Gasteiger partial charge in [0.15, 0.2) is 5.65 Å². The van der Waals surface area contributed by atoms with Gasteiger partial charge in [-0.25, -0.2) is 14.6 Å². The Hall–Kier alpha value is -2.41. The molecule has 0 aliphatic carbocycles. The van der Waals surface area contributed by atoms with E-state index in [2.05, 4.69) is 28.1 Å². The molecule has 2 aromatic heterocycles. The molecule has 2 N–H and O–H groups in total. The number of carbonyl (C=O) groups is 1. The maximum atomic E-state index is 10.9. The molecule has 0 bridgehead atoms. The first-order valence-electron chi connectivity index (χ1n) is 6.73. The van der Waals surface area contributed by atoms with Crippen LogP contribution in [0.3, 0.4) is 0 Å². The molecule has 0 spiro atoms. The molecule has 0 atom stereocenters. The summed E-state index contributed by atoms with van der Waals surface area (Å²) in [6, 6.07) is 6.17. The molecule has 0 aliphatic heterocycles. The molecule has 3 aromatic rings. The second kappa shape index (κ2) is 5.76. The van der Waals surface area contributed by atoms with Crippen LogP contribution in [0.5, 0.6) is 0 Å². The van der Waals surface area contributed by atoms with E-state index in [1.807, 2.05) is 19.1 Å². The third kappa shape index (κ3) is 2.67. The van der Waals surface area contributed by atoms with Gasteiger partial charge in [0, 0.05) is 0 Å². The first kappa shape index (κ1) is 14.5. The number of aromatic nitrogens is 4. The van der Waals surface area contributed by atoms with Crippen molar-refractivity contribution in [1.29, 1.82) is 0 Å². The monoisotopic (exact) mass is 313 g/mol. The molecule has 7 heteroatoms. The van der Waals surface area contributed by atoms with Gasteiger partial charge < -0.3 is 5.73 Å². The summed E-state index contributed by atoms with van der Waals surface area (Å²) in [5.41, 5.74) is 9.20. The molecule has 1 amide bonds. The van der Waals surface area contributed by atoms with Crippen molar-refractivity contribution >= 4 is 28.7 Å². The average molecular weight is 313 g/mol. The fraction of sp³-hybridized carbons (Fsp3) is 0.200. The van der Waals surface area contributed by atoms with Gasteiger partial charge in [0.2, 0.25) is 5.91 Å². The predicted octanol–water partition coefficient (Wildman–Crippen LogP) is 2.01. The number of aryl methyl sites for hydroxylation is 2. The van der Waals surface area contributed by atoms with Crippen molar-refractivity contribution in [3.8, 4) is 5.69 Å². The van der Waals surface area contributed by atoms with Crippen LogP contribution in [0.4, 0.5) is 0 Å². The van der Waals surface area contributed by atoms with E-state index in [1.54, 1.807) is 10.9 Å². The van der Waals surface area contributed by atoms with E-state index in [0.717, 1.165) is 16.6 Å². The van der Waals surface area contributed by atoms with Gasteiger partial charge in [0.05, 0.1) is 23.0 Å². The molecular weight excluding hydrogens is 298 g/mol. The van der Waals surface area contributed by atoms with E-state index in [0.29, 0.717) is 10.7 Å². The number of benzene rings is 1. The zero-order valence-electron chi connectivity index (χ0n) is 12.3. The first-order chi connectivity index (χ1) is 10.6. The van der Waals surface area contributed by atoms with Gasteiger partial charge in [0.25, 0.3) is 0 Å². The predicted molar refractivity (Wildman–Crippen MR) is 86.1 cm³/mol. The second-order valence-electron chi connectivity index (χ2n) is 5.02. The highest BCUT2D eigenvalue weighted by molar-refractivity contribution is 8.00. The number of nitrogens with zero attached hydrogens (tertiary/aromatic N) is 4. The minimum absolute atomic E-state index is 0.181. The number of thioether (sulfide) groups is 1. The third-order valence-corrected chi connectivity index (χ3v) is 4.29. The molecule has 0 unspecified atom stereocenters. The summed E-state index contributed by atoms with van der Waals surface area (Å²) in [7, 11) is 0. The van der Waals surface area contributed by atoms with Crippen LogP contribution in [-0.2, 0) is 4.79 Å². The van der Waals surface area contributed by atoms with Crippen LogP contribution in [0.15, 0.2) is 35.7 Å². The van der Waals surface area contributed by atoms with Crippen molar-refractivity contribution < 1.29 is 4.79 Å². The van der Waals surface area contributed by atoms with E-state index < -0.39 is 0 Å². The van der Waals surface area contributed by atoms with E-state index >= 15 is 0 Å².